The Balaban J connectivity index is 1.56. The molecule has 0 aliphatic carbocycles. The molecule has 0 atom stereocenters. The Labute approximate surface area is 191 Å². The fourth-order valence-electron chi connectivity index (χ4n) is 3.81. The van der Waals surface area contributed by atoms with Crippen molar-refractivity contribution in [3.8, 4) is 0 Å². The van der Waals surface area contributed by atoms with Crippen molar-refractivity contribution in [2.45, 2.75) is 47.2 Å². The Morgan fingerprint density at radius 3 is 2.39 bits per heavy atom. The van der Waals surface area contributed by atoms with E-state index in [0.29, 0.717) is 6.54 Å². The quantitative estimate of drug-likeness (QED) is 0.461. The molecular weight excluding hydrogens is 404 g/mol. The molecule has 0 spiro atoms. The zero-order valence-corrected chi connectivity index (χ0v) is 20.4. The smallest absolute Gasteiger partial charge is 0.191 e. The van der Waals surface area contributed by atoms with E-state index in [1.807, 2.05) is 0 Å². The second-order valence-electron chi connectivity index (χ2n) is 8.10. The molecular formula is C24H38N6S. The van der Waals surface area contributed by atoms with Crippen molar-refractivity contribution in [2.24, 2.45) is 4.99 Å². The first-order valence-corrected chi connectivity index (χ1v) is 12.4. The largest absolute Gasteiger partial charge is 0.357 e. The molecule has 1 aromatic heterocycles. The summed E-state index contributed by atoms with van der Waals surface area (Å²) in [6.07, 6.45) is 0.921. The van der Waals surface area contributed by atoms with Crippen LogP contribution in [-0.2, 0) is 19.5 Å². The van der Waals surface area contributed by atoms with Gasteiger partial charge in [-0.2, -0.15) is 0 Å². The number of hydrogen-bond donors (Lipinski definition) is 2. The number of aryl methyl sites for hydroxylation is 2. The zero-order valence-electron chi connectivity index (χ0n) is 19.6. The van der Waals surface area contributed by atoms with Crippen LogP contribution in [0.25, 0.3) is 0 Å². The Morgan fingerprint density at radius 1 is 1.03 bits per heavy atom. The maximum atomic E-state index is 4.87. The lowest BCUT2D eigenvalue weighted by molar-refractivity contribution is 0.131. The molecule has 1 saturated heterocycles. The highest BCUT2D eigenvalue weighted by Gasteiger charge is 2.16. The molecule has 1 aromatic carbocycles. The molecule has 0 bridgehead atoms. The van der Waals surface area contributed by atoms with E-state index in [9.17, 15) is 0 Å². The summed E-state index contributed by atoms with van der Waals surface area (Å²) in [5, 5.41) is 8.03. The van der Waals surface area contributed by atoms with Crippen LogP contribution in [-0.4, -0.2) is 66.6 Å². The Bertz CT molecular complexity index is 819. The number of nitrogens with one attached hydrogen (secondary N) is 2. The first kappa shape index (κ1) is 23.7. The summed E-state index contributed by atoms with van der Waals surface area (Å²) in [7, 11) is 0. The van der Waals surface area contributed by atoms with Crippen LogP contribution in [0.15, 0.2) is 29.3 Å². The van der Waals surface area contributed by atoms with Gasteiger partial charge >= 0.3 is 0 Å². The highest BCUT2D eigenvalue weighted by molar-refractivity contribution is 7.11. The molecule has 3 rings (SSSR count). The van der Waals surface area contributed by atoms with Gasteiger partial charge in [0.25, 0.3) is 0 Å². The third-order valence-corrected chi connectivity index (χ3v) is 7.01. The van der Waals surface area contributed by atoms with Gasteiger partial charge in [0.2, 0.25) is 0 Å². The number of benzene rings is 1. The van der Waals surface area contributed by atoms with Gasteiger partial charge in [0, 0.05) is 57.1 Å². The lowest BCUT2D eigenvalue weighted by atomic mass is 10.1. The highest BCUT2D eigenvalue weighted by Crippen LogP contribution is 2.17. The summed E-state index contributed by atoms with van der Waals surface area (Å²) >= 11 is 1.79. The number of piperazine rings is 1. The molecule has 0 radical (unpaired) electrons. The van der Waals surface area contributed by atoms with Gasteiger partial charge < -0.3 is 15.5 Å². The van der Waals surface area contributed by atoms with E-state index in [4.69, 9.17) is 4.99 Å². The van der Waals surface area contributed by atoms with Gasteiger partial charge in [-0.05, 0) is 38.4 Å². The molecule has 1 fully saturated rings. The van der Waals surface area contributed by atoms with Crippen LogP contribution in [0.2, 0.25) is 0 Å². The fourth-order valence-corrected chi connectivity index (χ4v) is 4.74. The highest BCUT2D eigenvalue weighted by atomic mass is 32.1. The Hall–Kier alpha value is -1.96. The lowest BCUT2D eigenvalue weighted by Crippen LogP contribution is -2.45. The predicted octanol–water partition coefficient (Wildman–Crippen LogP) is 3.20. The van der Waals surface area contributed by atoms with Crippen LogP contribution >= 0.6 is 11.3 Å². The summed E-state index contributed by atoms with van der Waals surface area (Å²) in [6.45, 7) is 17.7. The molecule has 0 amide bonds. The fraction of sp³-hybridized carbons (Fsp3) is 0.583. The van der Waals surface area contributed by atoms with E-state index >= 15 is 0 Å². The molecule has 2 heterocycles. The number of thiazole rings is 1. The SMILES string of the molecule is CCNC(=NCc1ccccc1CN1CCN(CC)CC1)NCCc1nc(C)c(C)s1. The van der Waals surface area contributed by atoms with Gasteiger partial charge in [-0.25, -0.2) is 9.98 Å². The normalized spacial score (nSPS) is 15.9. The van der Waals surface area contributed by atoms with Crippen LogP contribution < -0.4 is 10.6 Å². The number of aromatic nitrogens is 1. The maximum absolute atomic E-state index is 4.87. The monoisotopic (exact) mass is 442 g/mol. The molecule has 7 heteroatoms. The van der Waals surface area contributed by atoms with Crippen molar-refractivity contribution in [1.29, 1.82) is 0 Å². The Morgan fingerprint density at radius 2 is 1.74 bits per heavy atom. The van der Waals surface area contributed by atoms with E-state index < -0.39 is 0 Å². The van der Waals surface area contributed by atoms with Crippen molar-refractivity contribution in [3.63, 3.8) is 0 Å². The molecule has 0 unspecified atom stereocenters. The van der Waals surface area contributed by atoms with Gasteiger partial charge in [0.15, 0.2) is 5.96 Å². The van der Waals surface area contributed by atoms with Gasteiger partial charge in [0.05, 0.1) is 17.2 Å². The van der Waals surface area contributed by atoms with Gasteiger partial charge in [-0.15, -0.1) is 11.3 Å². The Kier molecular flexibility index (Phi) is 9.31. The van der Waals surface area contributed by atoms with Gasteiger partial charge in [-0.1, -0.05) is 31.2 Å². The number of nitrogens with zero attached hydrogens (tertiary/aromatic N) is 4. The zero-order chi connectivity index (χ0) is 22.1. The molecule has 6 nitrogen and oxygen atoms in total. The number of guanidine groups is 1. The predicted molar refractivity (Wildman–Crippen MR) is 132 cm³/mol. The topological polar surface area (TPSA) is 55.8 Å². The van der Waals surface area contributed by atoms with Crippen LogP contribution in [0.4, 0.5) is 0 Å². The average molecular weight is 443 g/mol. The summed E-state index contributed by atoms with van der Waals surface area (Å²) in [5.41, 5.74) is 3.85. The summed E-state index contributed by atoms with van der Waals surface area (Å²) < 4.78 is 0. The summed E-state index contributed by atoms with van der Waals surface area (Å²) in [6, 6.07) is 8.74. The minimum atomic E-state index is 0.690. The van der Waals surface area contributed by atoms with E-state index in [-0.39, 0.29) is 0 Å². The summed E-state index contributed by atoms with van der Waals surface area (Å²) in [4.78, 5) is 15.9. The third-order valence-electron chi connectivity index (χ3n) is 5.88. The standard InChI is InChI=1S/C24H38N6S/c1-5-25-24(26-12-11-23-28-19(3)20(4)31-23)27-17-21-9-7-8-10-22(21)18-30-15-13-29(6-2)14-16-30/h7-10H,5-6,11-18H2,1-4H3,(H2,25,26,27). The molecule has 1 aliphatic heterocycles. The van der Waals surface area contributed by atoms with Crippen molar-refractivity contribution in [1.82, 2.24) is 25.4 Å². The van der Waals surface area contributed by atoms with Crippen LogP contribution in [0, 0.1) is 13.8 Å². The second kappa shape index (κ2) is 12.2. The first-order chi connectivity index (χ1) is 15.1. The molecule has 170 valence electrons. The van der Waals surface area contributed by atoms with E-state index in [0.717, 1.165) is 57.3 Å². The van der Waals surface area contributed by atoms with Crippen molar-refractivity contribution in [3.05, 3.63) is 51.0 Å². The van der Waals surface area contributed by atoms with Crippen molar-refractivity contribution in [2.75, 3.05) is 45.8 Å². The minimum absolute atomic E-state index is 0.690. The number of aliphatic imine (C=N–C) groups is 1. The van der Waals surface area contributed by atoms with Gasteiger partial charge in [-0.3, -0.25) is 4.90 Å². The lowest BCUT2D eigenvalue weighted by Gasteiger charge is -2.34. The molecule has 2 aromatic rings. The minimum Gasteiger partial charge on any atom is -0.357 e. The number of rotatable bonds is 9. The van der Waals surface area contributed by atoms with Crippen molar-refractivity contribution >= 4 is 17.3 Å². The number of hydrogen-bond acceptors (Lipinski definition) is 5. The van der Waals surface area contributed by atoms with Gasteiger partial charge in [0.1, 0.15) is 0 Å². The second-order valence-corrected chi connectivity index (χ2v) is 9.39. The average Bonchev–Trinajstić information content (AvgIpc) is 3.10. The maximum Gasteiger partial charge on any atom is 0.191 e. The van der Waals surface area contributed by atoms with Crippen LogP contribution in [0.3, 0.4) is 0 Å². The van der Waals surface area contributed by atoms with E-state index in [1.54, 1.807) is 11.3 Å². The number of likely N-dealkylation sites (N-methyl/N-ethyl adjacent to an activating group) is 1. The first-order valence-electron chi connectivity index (χ1n) is 11.6. The molecule has 2 N–H and O–H groups in total. The molecule has 0 saturated carbocycles. The van der Waals surface area contributed by atoms with Crippen molar-refractivity contribution < 1.29 is 0 Å². The van der Waals surface area contributed by atoms with Crippen LogP contribution in [0.1, 0.15) is 40.6 Å². The van der Waals surface area contributed by atoms with E-state index in [2.05, 4.69) is 77.4 Å². The summed E-state index contributed by atoms with van der Waals surface area (Å²) in [5.74, 6) is 0.874. The molecule has 31 heavy (non-hydrogen) atoms. The van der Waals surface area contributed by atoms with E-state index in [1.165, 1.54) is 34.1 Å². The molecule has 1 aliphatic rings. The third kappa shape index (κ3) is 7.30. The van der Waals surface area contributed by atoms with Crippen LogP contribution in [0.5, 0.6) is 0 Å².